The molecule has 0 saturated carbocycles. The first kappa shape index (κ1) is 20.2. The number of esters is 1. The predicted octanol–water partition coefficient (Wildman–Crippen LogP) is 2.17. The van der Waals surface area contributed by atoms with Gasteiger partial charge in [0.05, 0.1) is 20.2 Å². The lowest BCUT2D eigenvalue weighted by molar-refractivity contribution is -0.149. The second-order valence-corrected chi connectivity index (χ2v) is 6.99. The smallest absolute Gasteiger partial charge is 0.323 e. The molecule has 1 aromatic carbocycles. The predicted molar refractivity (Wildman–Crippen MR) is 100 cm³/mol. The van der Waals surface area contributed by atoms with Crippen LogP contribution in [-0.2, 0) is 14.3 Å². The molecular weight excluding hydrogens is 332 g/mol. The zero-order valence-corrected chi connectivity index (χ0v) is 16.3. The van der Waals surface area contributed by atoms with E-state index in [9.17, 15) is 9.59 Å². The molecule has 1 unspecified atom stereocenters. The van der Waals surface area contributed by atoms with Crippen LogP contribution in [0, 0.1) is 13.8 Å². The number of hydrogen-bond donors (Lipinski definition) is 0. The molecule has 6 heteroatoms. The molecule has 1 fully saturated rings. The number of amides is 1. The first-order chi connectivity index (χ1) is 12.4. The fourth-order valence-corrected chi connectivity index (χ4v) is 3.32. The molecule has 144 valence electrons. The number of methoxy groups -OCH3 is 1. The highest BCUT2D eigenvalue weighted by molar-refractivity contribution is 5.80. The summed E-state index contributed by atoms with van der Waals surface area (Å²) in [5, 5.41) is 0. The SMILES string of the molecule is COC(=O)C1CCCCN1CC(=O)N(C)CCOc1cc(C)cc(C)c1. The summed E-state index contributed by atoms with van der Waals surface area (Å²) in [6.45, 7) is 5.99. The van der Waals surface area contributed by atoms with Gasteiger partial charge in [-0.25, -0.2) is 0 Å². The summed E-state index contributed by atoms with van der Waals surface area (Å²) in [6.07, 6.45) is 2.74. The van der Waals surface area contributed by atoms with E-state index in [1.165, 1.54) is 7.11 Å². The van der Waals surface area contributed by atoms with Gasteiger partial charge < -0.3 is 14.4 Å². The van der Waals surface area contributed by atoms with Crippen molar-refractivity contribution in [2.45, 2.75) is 39.2 Å². The Balaban J connectivity index is 1.81. The fraction of sp³-hybridized carbons (Fsp3) is 0.600. The Morgan fingerprint density at radius 2 is 1.88 bits per heavy atom. The number of ether oxygens (including phenoxy) is 2. The van der Waals surface area contributed by atoms with Crippen LogP contribution in [0.15, 0.2) is 18.2 Å². The van der Waals surface area contributed by atoms with Gasteiger partial charge in [-0.3, -0.25) is 14.5 Å². The van der Waals surface area contributed by atoms with Gasteiger partial charge in [0, 0.05) is 7.05 Å². The summed E-state index contributed by atoms with van der Waals surface area (Å²) in [5.41, 5.74) is 2.31. The zero-order chi connectivity index (χ0) is 19.1. The van der Waals surface area contributed by atoms with Crippen LogP contribution in [-0.4, -0.2) is 68.1 Å². The summed E-state index contributed by atoms with van der Waals surface area (Å²) in [5.74, 6) is 0.563. The molecule has 1 aliphatic heterocycles. The maximum atomic E-state index is 12.5. The van der Waals surface area contributed by atoms with E-state index in [0.717, 1.165) is 42.7 Å². The molecule has 0 spiro atoms. The minimum atomic E-state index is -0.308. The third-order valence-electron chi connectivity index (χ3n) is 4.74. The van der Waals surface area contributed by atoms with E-state index in [2.05, 4.69) is 6.07 Å². The molecule has 1 heterocycles. The van der Waals surface area contributed by atoms with Gasteiger partial charge >= 0.3 is 5.97 Å². The lowest BCUT2D eigenvalue weighted by atomic mass is 10.0. The van der Waals surface area contributed by atoms with Crippen molar-refractivity contribution in [1.29, 1.82) is 0 Å². The summed E-state index contributed by atoms with van der Waals surface area (Å²) < 4.78 is 10.6. The van der Waals surface area contributed by atoms with Crippen LogP contribution in [0.3, 0.4) is 0 Å². The van der Waals surface area contributed by atoms with Gasteiger partial charge in [0.15, 0.2) is 0 Å². The standard InChI is InChI=1S/C20H30N2O4/c1-15-11-16(2)13-17(12-15)26-10-9-21(3)19(23)14-22-8-6-5-7-18(22)20(24)25-4/h11-13,18H,5-10,14H2,1-4H3. The molecule has 1 aromatic rings. The van der Waals surface area contributed by atoms with Crippen molar-refractivity contribution >= 4 is 11.9 Å². The number of hydrogen-bond acceptors (Lipinski definition) is 5. The van der Waals surface area contributed by atoms with Crippen LogP contribution in [0.4, 0.5) is 0 Å². The minimum Gasteiger partial charge on any atom is -0.492 e. The highest BCUT2D eigenvalue weighted by atomic mass is 16.5. The van der Waals surface area contributed by atoms with Gasteiger partial charge in [-0.05, 0) is 56.5 Å². The fourth-order valence-electron chi connectivity index (χ4n) is 3.32. The van der Waals surface area contributed by atoms with Gasteiger partial charge in [0.25, 0.3) is 0 Å². The van der Waals surface area contributed by atoms with Crippen LogP contribution in [0.5, 0.6) is 5.75 Å². The maximum absolute atomic E-state index is 12.5. The van der Waals surface area contributed by atoms with Crippen molar-refractivity contribution in [3.8, 4) is 5.75 Å². The molecule has 6 nitrogen and oxygen atoms in total. The molecule has 1 amide bonds. The van der Waals surface area contributed by atoms with Crippen LogP contribution in [0.2, 0.25) is 0 Å². The average molecular weight is 362 g/mol. The summed E-state index contributed by atoms with van der Waals surface area (Å²) in [6, 6.07) is 5.77. The third-order valence-corrected chi connectivity index (χ3v) is 4.74. The Bertz CT molecular complexity index is 612. The number of carbonyl (C=O) groups is 2. The van der Waals surface area contributed by atoms with Gasteiger partial charge in [0.1, 0.15) is 18.4 Å². The van der Waals surface area contributed by atoms with Gasteiger partial charge in [0.2, 0.25) is 5.91 Å². The van der Waals surface area contributed by atoms with E-state index in [1.807, 2.05) is 30.9 Å². The van der Waals surface area contributed by atoms with Crippen molar-refractivity contribution in [2.75, 3.05) is 40.4 Å². The molecule has 0 aliphatic carbocycles. The highest BCUT2D eigenvalue weighted by Gasteiger charge is 2.31. The summed E-state index contributed by atoms with van der Waals surface area (Å²) >= 11 is 0. The molecular formula is C20H30N2O4. The second kappa shape index (κ2) is 9.57. The van der Waals surface area contributed by atoms with Gasteiger partial charge in [-0.15, -0.1) is 0 Å². The Morgan fingerprint density at radius 3 is 2.54 bits per heavy atom. The lowest BCUT2D eigenvalue weighted by Crippen LogP contribution is -2.50. The normalized spacial score (nSPS) is 17.6. The number of carbonyl (C=O) groups excluding carboxylic acids is 2. The highest BCUT2D eigenvalue weighted by Crippen LogP contribution is 2.18. The van der Waals surface area contributed by atoms with Gasteiger partial charge in [-0.1, -0.05) is 12.5 Å². The van der Waals surface area contributed by atoms with E-state index in [-0.39, 0.29) is 24.5 Å². The third kappa shape index (κ3) is 5.73. The van der Waals surface area contributed by atoms with E-state index in [4.69, 9.17) is 9.47 Å². The molecule has 0 bridgehead atoms. The first-order valence-corrected chi connectivity index (χ1v) is 9.17. The van der Waals surface area contributed by atoms with Crippen molar-refractivity contribution in [1.82, 2.24) is 9.80 Å². The molecule has 1 atom stereocenters. The second-order valence-electron chi connectivity index (χ2n) is 6.99. The Kier molecular flexibility index (Phi) is 7.45. The van der Waals surface area contributed by atoms with E-state index in [0.29, 0.717) is 13.2 Å². The van der Waals surface area contributed by atoms with Crippen molar-refractivity contribution in [3.05, 3.63) is 29.3 Å². The number of aryl methyl sites for hydroxylation is 2. The summed E-state index contributed by atoms with van der Waals surface area (Å²) in [4.78, 5) is 28.0. The minimum absolute atomic E-state index is 0.00942. The lowest BCUT2D eigenvalue weighted by Gasteiger charge is -2.34. The monoisotopic (exact) mass is 362 g/mol. The quantitative estimate of drug-likeness (QED) is 0.696. The largest absolute Gasteiger partial charge is 0.492 e. The van der Waals surface area contributed by atoms with E-state index >= 15 is 0 Å². The number of nitrogens with zero attached hydrogens (tertiary/aromatic N) is 2. The average Bonchev–Trinajstić information content (AvgIpc) is 2.60. The first-order valence-electron chi connectivity index (χ1n) is 9.17. The summed E-state index contributed by atoms with van der Waals surface area (Å²) in [7, 11) is 3.16. The van der Waals surface area contributed by atoms with Gasteiger partial charge in [-0.2, -0.15) is 0 Å². The number of rotatable bonds is 7. The molecule has 26 heavy (non-hydrogen) atoms. The Morgan fingerprint density at radius 1 is 1.19 bits per heavy atom. The number of likely N-dealkylation sites (tertiary alicyclic amines) is 1. The molecule has 1 aliphatic rings. The van der Waals surface area contributed by atoms with Crippen molar-refractivity contribution < 1.29 is 19.1 Å². The molecule has 0 N–H and O–H groups in total. The van der Waals surface area contributed by atoms with Crippen LogP contribution in [0.25, 0.3) is 0 Å². The Labute approximate surface area is 156 Å². The van der Waals surface area contributed by atoms with Crippen molar-refractivity contribution in [2.24, 2.45) is 0 Å². The van der Waals surface area contributed by atoms with Crippen molar-refractivity contribution in [3.63, 3.8) is 0 Å². The van der Waals surface area contributed by atoms with E-state index < -0.39 is 0 Å². The maximum Gasteiger partial charge on any atom is 0.323 e. The molecule has 0 aromatic heterocycles. The van der Waals surface area contributed by atoms with Crippen LogP contribution in [0.1, 0.15) is 30.4 Å². The van der Waals surface area contributed by atoms with Crippen LogP contribution >= 0.6 is 0 Å². The number of likely N-dealkylation sites (N-methyl/N-ethyl adjacent to an activating group) is 1. The van der Waals surface area contributed by atoms with E-state index in [1.54, 1.807) is 11.9 Å². The topological polar surface area (TPSA) is 59.1 Å². The Hall–Kier alpha value is -2.08. The number of benzene rings is 1. The molecule has 2 rings (SSSR count). The molecule has 1 saturated heterocycles. The zero-order valence-electron chi connectivity index (χ0n) is 16.3. The van der Waals surface area contributed by atoms with Crippen LogP contribution < -0.4 is 4.74 Å². The molecule has 0 radical (unpaired) electrons. The number of piperidine rings is 1.